The lowest BCUT2D eigenvalue weighted by Crippen LogP contribution is -2.24. The van der Waals surface area contributed by atoms with Crippen molar-refractivity contribution in [3.8, 4) is 5.69 Å². The normalized spacial score (nSPS) is 13.2. The highest BCUT2D eigenvalue weighted by atomic mass is 35.5. The smallest absolute Gasteiger partial charge is 0.262 e. The van der Waals surface area contributed by atoms with Crippen LogP contribution in [0.15, 0.2) is 40.1 Å². The quantitative estimate of drug-likeness (QED) is 0.556. The largest absolute Gasteiger partial charge is 0.384 e. The second-order valence-corrected chi connectivity index (χ2v) is 5.88. The van der Waals surface area contributed by atoms with Gasteiger partial charge in [-0.2, -0.15) is 0 Å². The molecule has 4 N–H and O–H groups in total. The van der Waals surface area contributed by atoms with Crippen molar-refractivity contribution in [3.63, 3.8) is 0 Å². The number of hydrogen-bond donors (Lipinski definition) is 3. The van der Waals surface area contributed by atoms with Crippen LogP contribution in [0.1, 0.15) is 20.7 Å². The number of aromatic nitrogens is 2. The number of imide groups is 1. The van der Waals surface area contributed by atoms with E-state index in [1.54, 1.807) is 12.1 Å². The van der Waals surface area contributed by atoms with E-state index in [0.717, 1.165) is 10.6 Å². The van der Waals surface area contributed by atoms with Gasteiger partial charge in [0.1, 0.15) is 5.82 Å². The predicted molar refractivity (Wildman–Crippen MR) is 91.4 cm³/mol. The van der Waals surface area contributed by atoms with Gasteiger partial charge in [-0.15, -0.1) is 0 Å². The number of carbonyl (C=O) groups is 2. The van der Waals surface area contributed by atoms with Crippen LogP contribution in [0.25, 0.3) is 16.5 Å². The van der Waals surface area contributed by atoms with Gasteiger partial charge < -0.3 is 10.7 Å². The van der Waals surface area contributed by atoms with Gasteiger partial charge in [-0.05, 0) is 12.1 Å². The van der Waals surface area contributed by atoms with Crippen molar-refractivity contribution in [3.05, 3.63) is 67.3 Å². The van der Waals surface area contributed by atoms with Crippen molar-refractivity contribution in [2.24, 2.45) is 0 Å². The molecule has 2 amide bonds. The Kier molecular flexibility index (Phi) is 3.06. The number of nitrogens with one attached hydrogen (secondary N) is 2. The minimum absolute atomic E-state index is 0.0644. The minimum Gasteiger partial charge on any atom is -0.384 e. The number of H-pyrrole nitrogens is 1. The van der Waals surface area contributed by atoms with Gasteiger partial charge in [0, 0.05) is 17.6 Å². The molecule has 0 aliphatic carbocycles. The molecule has 0 saturated heterocycles. The number of anilines is 1. The monoisotopic (exact) mass is 356 g/mol. The molecule has 1 aliphatic rings. The molecule has 0 fully saturated rings. The summed E-state index contributed by atoms with van der Waals surface area (Å²) in [5.41, 5.74) is 5.13. The van der Waals surface area contributed by atoms with E-state index in [2.05, 4.69) is 10.3 Å². The Morgan fingerprint density at radius 1 is 1.00 bits per heavy atom. The van der Waals surface area contributed by atoms with Crippen LogP contribution in [0.4, 0.5) is 5.82 Å². The summed E-state index contributed by atoms with van der Waals surface area (Å²) in [6.07, 6.45) is 1.37. The van der Waals surface area contributed by atoms with Gasteiger partial charge in [-0.25, -0.2) is 0 Å². The lowest BCUT2D eigenvalue weighted by Gasteiger charge is -2.12. The van der Waals surface area contributed by atoms with E-state index in [1.807, 2.05) is 0 Å². The summed E-state index contributed by atoms with van der Waals surface area (Å²) in [5.74, 6) is -1.52. The molecule has 8 nitrogen and oxygen atoms in total. The second-order valence-electron chi connectivity index (χ2n) is 5.47. The Morgan fingerprint density at radius 2 is 1.76 bits per heavy atom. The number of nitrogen functional groups attached to an aromatic ring is 1. The average molecular weight is 357 g/mol. The summed E-state index contributed by atoms with van der Waals surface area (Å²) >= 11 is 6.05. The Hall–Kier alpha value is -3.39. The van der Waals surface area contributed by atoms with Gasteiger partial charge in [0.2, 0.25) is 0 Å². The van der Waals surface area contributed by atoms with Crippen LogP contribution in [0.3, 0.4) is 0 Å². The van der Waals surface area contributed by atoms with E-state index in [-0.39, 0.29) is 33.6 Å². The molecule has 0 atom stereocenters. The SMILES string of the molecule is Nc1c2c(cc(=O)n1-c1ccc3c(Cl)c[nH]c(=O)c3c1)C(=O)NC2=O. The number of benzene rings is 1. The number of hydrogen-bond acceptors (Lipinski definition) is 5. The summed E-state index contributed by atoms with van der Waals surface area (Å²) in [5, 5.41) is 3.21. The van der Waals surface area contributed by atoms with Crippen LogP contribution in [0.2, 0.25) is 5.02 Å². The summed E-state index contributed by atoms with van der Waals surface area (Å²) in [7, 11) is 0. The topological polar surface area (TPSA) is 127 Å². The van der Waals surface area contributed by atoms with Gasteiger partial charge in [-0.3, -0.25) is 29.1 Å². The Bertz CT molecular complexity index is 1230. The standard InChI is InChI=1S/C16H9ClN4O4/c17-10-5-19-14(23)8-3-6(1-2-7(8)10)21-11(22)4-9-12(13(21)18)16(25)20-15(9)24/h1-5H,18H2,(H,19,23)(H,20,24,25). The number of halogens is 1. The zero-order valence-electron chi connectivity index (χ0n) is 12.4. The molecule has 9 heteroatoms. The van der Waals surface area contributed by atoms with Crippen molar-refractivity contribution in [2.45, 2.75) is 0 Å². The van der Waals surface area contributed by atoms with Crippen LogP contribution < -0.4 is 22.2 Å². The second kappa shape index (κ2) is 5.05. The van der Waals surface area contributed by atoms with Crippen molar-refractivity contribution < 1.29 is 9.59 Å². The molecule has 0 unspecified atom stereocenters. The van der Waals surface area contributed by atoms with Crippen molar-refractivity contribution >= 4 is 40.0 Å². The molecule has 1 aromatic carbocycles. The molecule has 0 radical (unpaired) electrons. The first kappa shape index (κ1) is 15.2. The molecule has 0 bridgehead atoms. The predicted octanol–water partition coefficient (Wildman–Crippen LogP) is 0.798. The lowest BCUT2D eigenvalue weighted by molar-refractivity contribution is 0.0880. The summed E-state index contributed by atoms with van der Waals surface area (Å²) in [4.78, 5) is 50.5. The van der Waals surface area contributed by atoms with Crippen LogP contribution in [-0.2, 0) is 0 Å². The number of rotatable bonds is 1. The zero-order valence-corrected chi connectivity index (χ0v) is 13.2. The Morgan fingerprint density at radius 3 is 2.52 bits per heavy atom. The molecular weight excluding hydrogens is 348 g/mol. The van der Waals surface area contributed by atoms with E-state index in [0.29, 0.717) is 10.4 Å². The van der Waals surface area contributed by atoms with E-state index >= 15 is 0 Å². The molecular formula is C16H9ClN4O4. The van der Waals surface area contributed by atoms with Crippen LogP contribution in [-0.4, -0.2) is 21.4 Å². The fraction of sp³-hybridized carbons (Fsp3) is 0. The highest BCUT2D eigenvalue weighted by Crippen LogP contribution is 2.26. The number of carbonyl (C=O) groups excluding carboxylic acids is 2. The third-order valence-electron chi connectivity index (χ3n) is 4.05. The van der Waals surface area contributed by atoms with Crippen LogP contribution in [0, 0.1) is 0 Å². The first-order valence-corrected chi connectivity index (χ1v) is 7.49. The number of nitrogens with zero attached hydrogens (tertiary/aromatic N) is 1. The van der Waals surface area contributed by atoms with Crippen molar-refractivity contribution in [1.82, 2.24) is 14.9 Å². The Balaban J connectivity index is 2.05. The van der Waals surface area contributed by atoms with Gasteiger partial charge in [0.15, 0.2) is 0 Å². The number of nitrogens with two attached hydrogens (primary N) is 1. The highest BCUT2D eigenvalue weighted by Gasteiger charge is 2.31. The van der Waals surface area contributed by atoms with E-state index in [9.17, 15) is 19.2 Å². The summed E-state index contributed by atoms with van der Waals surface area (Å²) in [6.45, 7) is 0. The average Bonchev–Trinajstić information content (AvgIpc) is 2.85. The molecule has 124 valence electrons. The third kappa shape index (κ3) is 2.08. The van der Waals surface area contributed by atoms with Crippen molar-refractivity contribution in [2.75, 3.05) is 5.73 Å². The molecule has 4 rings (SSSR count). The molecule has 0 spiro atoms. The lowest BCUT2D eigenvalue weighted by atomic mass is 10.1. The minimum atomic E-state index is -0.673. The maximum absolute atomic E-state index is 12.4. The number of amides is 2. The molecule has 2 aromatic heterocycles. The fourth-order valence-corrected chi connectivity index (χ4v) is 3.12. The maximum atomic E-state index is 12.4. The van der Waals surface area contributed by atoms with Crippen molar-refractivity contribution in [1.29, 1.82) is 0 Å². The van der Waals surface area contributed by atoms with Crippen LogP contribution in [0.5, 0.6) is 0 Å². The zero-order chi connectivity index (χ0) is 17.9. The first-order valence-electron chi connectivity index (χ1n) is 7.11. The van der Waals surface area contributed by atoms with Gasteiger partial charge in [-0.1, -0.05) is 17.7 Å². The van der Waals surface area contributed by atoms with Gasteiger partial charge in [0.05, 0.1) is 27.2 Å². The molecule has 3 heterocycles. The highest BCUT2D eigenvalue weighted by molar-refractivity contribution is 6.35. The number of aromatic amines is 1. The molecule has 0 saturated carbocycles. The fourth-order valence-electron chi connectivity index (χ4n) is 2.90. The maximum Gasteiger partial charge on any atom is 0.262 e. The first-order chi connectivity index (χ1) is 11.9. The van der Waals surface area contributed by atoms with Gasteiger partial charge >= 0.3 is 0 Å². The summed E-state index contributed by atoms with van der Waals surface area (Å²) in [6, 6.07) is 5.61. The Labute approximate surface area is 143 Å². The molecule has 25 heavy (non-hydrogen) atoms. The molecule has 3 aromatic rings. The van der Waals surface area contributed by atoms with E-state index < -0.39 is 17.4 Å². The summed E-state index contributed by atoms with van der Waals surface area (Å²) < 4.78 is 1.07. The molecule has 1 aliphatic heterocycles. The number of pyridine rings is 2. The van der Waals surface area contributed by atoms with Gasteiger partial charge in [0.25, 0.3) is 22.9 Å². The van der Waals surface area contributed by atoms with Crippen LogP contribution >= 0.6 is 11.6 Å². The third-order valence-corrected chi connectivity index (χ3v) is 4.36. The van der Waals surface area contributed by atoms with E-state index in [4.69, 9.17) is 17.3 Å². The number of fused-ring (bicyclic) bond motifs is 2. The van der Waals surface area contributed by atoms with E-state index in [1.165, 1.54) is 12.3 Å².